The summed E-state index contributed by atoms with van der Waals surface area (Å²) >= 11 is 5.95. The maximum absolute atomic E-state index is 12.3. The number of anilines is 1. The lowest BCUT2D eigenvalue weighted by atomic mass is 10.0. The van der Waals surface area contributed by atoms with E-state index in [9.17, 15) is 13.2 Å². The van der Waals surface area contributed by atoms with Crippen molar-refractivity contribution in [3.8, 4) is 0 Å². The molecule has 1 aliphatic heterocycles. The maximum Gasteiger partial charge on any atom is 0.256 e. The molecule has 2 aromatic rings. The number of hydrogen-bond donors (Lipinski definition) is 2. The molecule has 1 heterocycles. The van der Waals surface area contributed by atoms with Crippen LogP contribution in [0.4, 0.5) is 5.69 Å². The van der Waals surface area contributed by atoms with Crippen molar-refractivity contribution in [3.05, 3.63) is 58.6 Å². The van der Waals surface area contributed by atoms with Gasteiger partial charge in [-0.2, -0.15) is 0 Å². The molecule has 0 bridgehead atoms. The van der Waals surface area contributed by atoms with Crippen molar-refractivity contribution in [2.45, 2.75) is 24.8 Å². The van der Waals surface area contributed by atoms with Gasteiger partial charge < -0.3 is 5.32 Å². The van der Waals surface area contributed by atoms with Gasteiger partial charge in [0.2, 0.25) is 10.0 Å². The summed E-state index contributed by atoms with van der Waals surface area (Å²) in [5.41, 5.74) is 2.48. The summed E-state index contributed by atoms with van der Waals surface area (Å²) in [5, 5.41) is 3.29. The molecule has 0 aromatic heterocycles. The van der Waals surface area contributed by atoms with Gasteiger partial charge in [0.25, 0.3) is 5.91 Å². The van der Waals surface area contributed by atoms with E-state index in [4.69, 9.17) is 11.6 Å². The average molecular weight is 377 g/mol. The molecule has 0 radical (unpaired) electrons. The first-order chi connectivity index (χ1) is 11.8. The van der Waals surface area contributed by atoms with Crippen LogP contribution >= 0.6 is 11.6 Å². The number of fused-ring (bicyclic) bond motifs is 1. The molecule has 2 aromatic carbocycles. The molecule has 0 atom stereocenters. The number of benzene rings is 2. The fraction of sp³-hybridized carbons (Fsp3) is 0.167. The lowest BCUT2D eigenvalue weighted by molar-refractivity contribution is -0.110. The van der Waals surface area contributed by atoms with Crippen LogP contribution in [0, 0.1) is 0 Å². The van der Waals surface area contributed by atoms with Crippen LogP contribution in [0.1, 0.15) is 25.0 Å². The van der Waals surface area contributed by atoms with Gasteiger partial charge in [-0.1, -0.05) is 29.8 Å². The molecule has 1 aliphatic rings. The van der Waals surface area contributed by atoms with Crippen LogP contribution in [0.5, 0.6) is 0 Å². The van der Waals surface area contributed by atoms with Crippen LogP contribution in [-0.2, 0) is 14.8 Å². The van der Waals surface area contributed by atoms with Crippen molar-refractivity contribution in [2.75, 3.05) is 5.32 Å². The van der Waals surface area contributed by atoms with Crippen LogP contribution in [0.3, 0.4) is 0 Å². The van der Waals surface area contributed by atoms with E-state index in [0.717, 1.165) is 5.56 Å². The van der Waals surface area contributed by atoms with E-state index in [0.29, 0.717) is 21.8 Å². The number of amides is 1. The van der Waals surface area contributed by atoms with Crippen molar-refractivity contribution in [1.29, 1.82) is 0 Å². The average Bonchev–Trinajstić information content (AvgIpc) is 2.81. The van der Waals surface area contributed by atoms with E-state index in [1.807, 2.05) is 0 Å². The van der Waals surface area contributed by atoms with Crippen molar-refractivity contribution in [1.82, 2.24) is 4.72 Å². The monoisotopic (exact) mass is 376 g/mol. The van der Waals surface area contributed by atoms with Gasteiger partial charge in [-0.25, -0.2) is 13.1 Å². The zero-order valence-corrected chi connectivity index (χ0v) is 15.3. The third-order valence-corrected chi connectivity index (χ3v) is 5.53. The van der Waals surface area contributed by atoms with Gasteiger partial charge in [0.1, 0.15) is 0 Å². The Morgan fingerprint density at radius 2 is 1.92 bits per heavy atom. The van der Waals surface area contributed by atoms with Crippen LogP contribution in [0.2, 0.25) is 5.02 Å². The molecule has 5 nitrogen and oxygen atoms in total. The number of carbonyl (C=O) groups excluding carboxylic acids is 1. The predicted molar refractivity (Wildman–Crippen MR) is 99.9 cm³/mol. The number of halogens is 1. The number of rotatable bonds is 4. The third kappa shape index (κ3) is 3.76. The normalized spacial score (nSPS) is 15.5. The zero-order valence-electron chi connectivity index (χ0n) is 13.7. The second-order valence-corrected chi connectivity index (χ2v) is 8.20. The Bertz CT molecular complexity index is 982. The number of sulfonamides is 1. The summed E-state index contributed by atoms with van der Waals surface area (Å²) in [6.07, 6.45) is 1.67. The zero-order chi connectivity index (χ0) is 18.2. The van der Waals surface area contributed by atoms with Gasteiger partial charge in [0, 0.05) is 22.2 Å². The molecule has 0 unspecified atom stereocenters. The van der Waals surface area contributed by atoms with Gasteiger partial charge >= 0.3 is 0 Å². The highest BCUT2D eigenvalue weighted by Gasteiger charge is 2.24. The minimum atomic E-state index is -3.59. The molecule has 1 amide bonds. The lowest BCUT2D eigenvalue weighted by Gasteiger charge is -2.10. The van der Waals surface area contributed by atoms with Gasteiger partial charge in [-0.15, -0.1) is 0 Å². The van der Waals surface area contributed by atoms with E-state index >= 15 is 0 Å². The van der Waals surface area contributed by atoms with Crippen molar-refractivity contribution in [2.24, 2.45) is 0 Å². The van der Waals surface area contributed by atoms with E-state index in [-0.39, 0.29) is 16.8 Å². The summed E-state index contributed by atoms with van der Waals surface area (Å²) in [7, 11) is -3.59. The Labute approximate surface area is 151 Å². The van der Waals surface area contributed by atoms with E-state index in [2.05, 4.69) is 10.0 Å². The minimum Gasteiger partial charge on any atom is -0.321 e. The molecule has 0 fully saturated rings. The summed E-state index contributed by atoms with van der Waals surface area (Å²) in [6, 6.07) is 11.4. The van der Waals surface area contributed by atoms with Gasteiger partial charge in [-0.05, 0) is 49.8 Å². The first-order valence-corrected chi connectivity index (χ1v) is 9.58. The summed E-state index contributed by atoms with van der Waals surface area (Å²) < 4.78 is 27.2. The van der Waals surface area contributed by atoms with Crippen LogP contribution < -0.4 is 10.0 Å². The van der Waals surface area contributed by atoms with Crippen LogP contribution in [-0.4, -0.2) is 20.4 Å². The maximum atomic E-state index is 12.3. The molecule has 0 saturated heterocycles. The van der Waals surface area contributed by atoms with Crippen molar-refractivity contribution < 1.29 is 13.2 Å². The Morgan fingerprint density at radius 1 is 1.16 bits per heavy atom. The summed E-state index contributed by atoms with van der Waals surface area (Å²) in [4.78, 5) is 12.4. The van der Waals surface area contributed by atoms with E-state index in [1.165, 1.54) is 6.07 Å². The second-order valence-electron chi connectivity index (χ2n) is 6.05. The van der Waals surface area contributed by atoms with Crippen molar-refractivity contribution >= 4 is 44.9 Å². The predicted octanol–water partition coefficient (Wildman–Crippen LogP) is 3.52. The van der Waals surface area contributed by atoms with Crippen LogP contribution in [0.25, 0.3) is 11.6 Å². The minimum absolute atomic E-state index is 0.158. The molecule has 130 valence electrons. The fourth-order valence-corrected chi connectivity index (χ4v) is 4.10. The molecule has 0 spiro atoms. The largest absolute Gasteiger partial charge is 0.321 e. The van der Waals surface area contributed by atoms with Gasteiger partial charge in [0.05, 0.1) is 10.6 Å². The molecular formula is C18H17ClN2O3S. The quantitative estimate of drug-likeness (QED) is 0.801. The number of carbonyl (C=O) groups is 1. The Kier molecular flexibility index (Phi) is 4.69. The highest BCUT2D eigenvalue weighted by molar-refractivity contribution is 7.89. The molecule has 25 heavy (non-hydrogen) atoms. The first-order valence-electron chi connectivity index (χ1n) is 7.71. The topological polar surface area (TPSA) is 75.3 Å². The SMILES string of the molecule is CC(C)NS(=O)(=O)c1cccc(C=C2C(=O)Nc3cc(Cl)ccc32)c1. The number of nitrogens with one attached hydrogen (secondary N) is 2. The number of hydrogen-bond acceptors (Lipinski definition) is 3. The standard InChI is InChI=1S/C18H17ClN2O3S/c1-11(2)21-25(23,24)14-5-3-4-12(8-14)9-16-15-7-6-13(19)10-17(15)20-18(16)22/h3-11,21H,1-2H3,(H,20,22). The third-order valence-electron chi connectivity index (χ3n) is 3.63. The first kappa shape index (κ1) is 17.7. The summed E-state index contributed by atoms with van der Waals surface area (Å²) in [5.74, 6) is -0.245. The molecule has 3 rings (SSSR count). The Morgan fingerprint density at radius 3 is 2.64 bits per heavy atom. The van der Waals surface area contributed by atoms with Gasteiger partial charge in [-0.3, -0.25) is 4.79 Å². The van der Waals surface area contributed by atoms with E-state index < -0.39 is 10.0 Å². The lowest BCUT2D eigenvalue weighted by Crippen LogP contribution is -2.30. The van der Waals surface area contributed by atoms with Gasteiger partial charge in [0.15, 0.2) is 0 Å². The molecule has 0 saturated carbocycles. The molecular weight excluding hydrogens is 360 g/mol. The molecule has 2 N–H and O–H groups in total. The molecule has 0 aliphatic carbocycles. The second kappa shape index (κ2) is 6.63. The Hall–Kier alpha value is -2.15. The molecule has 7 heteroatoms. The van der Waals surface area contributed by atoms with Crippen LogP contribution in [0.15, 0.2) is 47.4 Å². The van der Waals surface area contributed by atoms with Crippen molar-refractivity contribution in [3.63, 3.8) is 0 Å². The smallest absolute Gasteiger partial charge is 0.256 e. The Balaban J connectivity index is 2.01. The fourth-order valence-electron chi connectivity index (χ4n) is 2.63. The van der Waals surface area contributed by atoms with E-state index in [1.54, 1.807) is 56.3 Å². The summed E-state index contributed by atoms with van der Waals surface area (Å²) in [6.45, 7) is 3.52. The highest BCUT2D eigenvalue weighted by Crippen LogP contribution is 2.35. The highest BCUT2D eigenvalue weighted by atomic mass is 35.5.